The highest BCUT2D eigenvalue weighted by atomic mass is 32.2. The zero-order chi connectivity index (χ0) is 17.1. The number of hydrogen-bond acceptors (Lipinski definition) is 3. The minimum atomic E-state index is -4.45. The molecule has 0 bridgehead atoms. The minimum Gasteiger partial charge on any atom is -0.342 e. The van der Waals surface area contributed by atoms with E-state index < -0.39 is 44.8 Å². The first-order valence-electron chi connectivity index (χ1n) is 6.54. The number of nitrogens with zero attached hydrogens (tertiary/aromatic N) is 2. The van der Waals surface area contributed by atoms with Crippen LogP contribution in [0.3, 0.4) is 0 Å². The molecule has 9 heteroatoms. The van der Waals surface area contributed by atoms with Crippen molar-refractivity contribution in [3.63, 3.8) is 0 Å². The van der Waals surface area contributed by atoms with E-state index in [0.29, 0.717) is 29.5 Å². The largest absolute Gasteiger partial charge is 0.342 e. The van der Waals surface area contributed by atoms with Gasteiger partial charge in [0.05, 0.1) is 6.54 Å². The van der Waals surface area contributed by atoms with Crippen molar-refractivity contribution in [1.82, 2.24) is 9.21 Å². The van der Waals surface area contributed by atoms with Gasteiger partial charge in [-0.2, -0.15) is 4.31 Å². The van der Waals surface area contributed by atoms with E-state index in [9.17, 15) is 26.4 Å². The Morgan fingerprint density at radius 2 is 1.64 bits per heavy atom. The summed E-state index contributed by atoms with van der Waals surface area (Å²) in [5.74, 6) is -5.64. The van der Waals surface area contributed by atoms with Crippen LogP contribution in [0.2, 0.25) is 0 Å². The molecule has 0 radical (unpaired) electrons. The molecule has 0 aliphatic carbocycles. The summed E-state index contributed by atoms with van der Waals surface area (Å²) in [6, 6.07) is 1.15. The van der Waals surface area contributed by atoms with Gasteiger partial charge in [0.1, 0.15) is 4.90 Å². The summed E-state index contributed by atoms with van der Waals surface area (Å²) < 4.78 is 64.6. The lowest BCUT2D eigenvalue weighted by Crippen LogP contribution is -2.41. The molecule has 5 nitrogen and oxygen atoms in total. The van der Waals surface area contributed by atoms with Crippen molar-refractivity contribution in [3.05, 3.63) is 29.6 Å². The lowest BCUT2D eigenvalue weighted by molar-refractivity contribution is -0.130. The molecule has 0 unspecified atom stereocenters. The van der Waals surface area contributed by atoms with Crippen molar-refractivity contribution in [2.75, 3.05) is 26.7 Å². The first kappa shape index (κ1) is 18.4. The molecule has 0 saturated carbocycles. The third-order valence-corrected chi connectivity index (χ3v) is 4.98. The quantitative estimate of drug-likeness (QED) is 0.740. The summed E-state index contributed by atoms with van der Waals surface area (Å²) in [5.41, 5.74) is 0. The first-order chi connectivity index (χ1) is 10.2. The van der Waals surface area contributed by atoms with E-state index >= 15 is 0 Å². The summed E-state index contributed by atoms with van der Waals surface area (Å²) in [5, 5.41) is 0. The number of hydrogen-bond donors (Lipinski definition) is 0. The van der Waals surface area contributed by atoms with E-state index in [1.165, 1.54) is 4.90 Å². The van der Waals surface area contributed by atoms with Crippen molar-refractivity contribution >= 4 is 15.9 Å². The molecule has 1 aromatic rings. The molecule has 0 saturated heterocycles. The van der Waals surface area contributed by atoms with Crippen LogP contribution in [0.25, 0.3) is 0 Å². The van der Waals surface area contributed by atoms with Gasteiger partial charge < -0.3 is 4.90 Å². The summed E-state index contributed by atoms with van der Waals surface area (Å²) in [7, 11) is -3.38. The van der Waals surface area contributed by atoms with Gasteiger partial charge in [-0.15, -0.1) is 0 Å². The van der Waals surface area contributed by atoms with Crippen LogP contribution in [0.15, 0.2) is 17.0 Å². The van der Waals surface area contributed by atoms with Crippen molar-refractivity contribution in [1.29, 1.82) is 0 Å². The Labute approximate surface area is 127 Å². The molecule has 124 valence electrons. The Morgan fingerprint density at radius 1 is 1.09 bits per heavy atom. The maximum absolute atomic E-state index is 13.6. The highest BCUT2D eigenvalue weighted by Gasteiger charge is 2.29. The highest BCUT2D eigenvalue weighted by Crippen LogP contribution is 2.22. The van der Waals surface area contributed by atoms with Gasteiger partial charge in [0, 0.05) is 20.1 Å². The van der Waals surface area contributed by atoms with E-state index in [0.717, 1.165) is 7.05 Å². The second-order valence-corrected chi connectivity index (χ2v) is 6.51. The van der Waals surface area contributed by atoms with Gasteiger partial charge in [0.25, 0.3) is 0 Å². The molecule has 0 aliphatic rings. The van der Waals surface area contributed by atoms with Crippen LogP contribution in [-0.2, 0) is 14.8 Å². The lowest BCUT2D eigenvalue weighted by atomic mass is 10.3. The van der Waals surface area contributed by atoms with E-state index in [2.05, 4.69) is 0 Å². The van der Waals surface area contributed by atoms with Crippen LogP contribution in [0.1, 0.15) is 13.8 Å². The van der Waals surface area contributed by atoms with Crippen LogP contribution < -0.4 is 0 Å². The van der Waals surface area contributed by atoms with Gasteiger partial charge in [-0.1, -0.05) is 0 Å². The first-order valence-corrected chi connectivity index (χ1v) is 7.98. The summed E-state index contributed by atoms with van der Waals surface area (Å²) in [6.45, 7) is 3.71. The van der Waals surface area contributed by atoms with Gasteiger partial charge >= 0.3 is 0 Å². The van der Waals surface area contributed by atoms with E-state index in [4.69, 9.17) is 0 Å². The fourth-order valence-electron chi connectivity index (χ4n) is 1.83. The maximum Gasteiger partial charge on any atom is 0.246 e. The number of halogens is 3. The minimum absolute atomic E-state index is 0.392. The summed E-state index contributed by atoms with van der Waals surface area (Å²) in [4.78, 5) is 12.3. The van der Waals surface area contributed by atoms with Crippen molar-refractivity contribution in [2.24, 2.45) is 0 Å². The molecular weight excluding hydrogens is 321 g/mol. The van der Waals surface area contributed by atoms with Gasteiger partial charge in [-0.3, -0.25) is 4.79 Å². The Bertz CT molecular complexity index is 661. The maximum atomic E-state index is 13.6. The summed E-state index contributed by atoms with van der Waals surface area (Å²) in [6.07, 6.45) is 0. The number of amides is 1. The normalized spacial score (nSPS) is 11.8. The van der Waals surface area contributed by atoms with E-state index in [-0.39, 0.29) is 0 Å². The topological polar surface area (TPSA) is 57.7 Å². The Morgan fingerprint density at radius 3 is 2.14 bits per heavy atom. The fourth-order valence-corrected chi connectivity index (χ4v) is 3.00. The van der Waals surface area contributed by atoms with Crippen molar-refractivity contribution < 1.29 is 26.4 Å². The highest BCUT2D eigenvalue weighted by molar-refractivity contribution is 7.89. The third kappa shape index (κ3) is 3.58. The van der Waals surface area contributed by atoms with Gasteiger partial charge in [0.15, 0.2) is 17.5 Å². The molecule has 0 heterocycles. The zero-order valence-electron chi connectivity index (χ0n) is 12.4. The van der Waals surface area contributed by atoms with Gasteiger partial charge in [0.2, 0.25) is 15.9 Å². The molecule has 0 aliphatic heterocycles. The number of carbonyl (C=O) groups excluding carboxylic acids is 1. The fraction of sp³-hybridized carbons (Fsp3) is 0.462. The SMILES string of the molecule is CCN(CC)C(=O)CN(C)S(=O)(=O)c1ccc(F)c(F)c1F. The second-order valence-electron chi connectivity index (χ2n) is 4.50. The monoisotopic (exact) mass is 338 g/mol. The number of rotatable bonds is 6. The van der Waals surface area contributed by atoms with E-state index in [1.54, 1.807) is 13.8 Å². The van der Waals surface area contributed by atoms with Gasteiger partial charge in [-0.05, 0) is 26.0 Å². The van der Waals surface area contributed by atoms with Crippen LogP contribution in [-0.4, -0.2) is 50.2 Å². The molecule has 1 rings (SSSR count). The van der Waals surface area contributed by atoms with Crippen LogP contribution in [0, 0.1) is 17.5 Å². The molecule has 0 spiro atoms. The van der Waals surface area contributed by atoms with Crippen molar-refractivity contribution in [2.45, 2.75) is 18.7 Å². The van der Waals surface area contributed by atoms with E-state index in [1.807, 2.05) is 0 Å². The number of sulfonamides is 1. The number of carbonyl (C=O) groups is 1. The Hall–Kier alpha value is -1.61. The zero-order valence-corrected chi connectivity index (χ0v) is 13.3. The Balaban J connectivity index is 3.09. The number of benzene rings is 1. The number of likely N-dealkylation sites (N-methyl/N-ethyl adjacent to an activating group) is 2. The third-order valence-electron chi connectivity index (χ3n) is 3.16. The average molecular weight is 338 g/mol. The van der Waals surface area contributed by atoms with Crippen LogP contribution >= 0.6 is 0 Å². The molecule has 1 aromatic carbocycles. The standard InChI is InChI=1S/C13H17F3N2O3S/c1-4-18(5-2)11(19)8-17(3)22(20,21)10-7-6-9(14)12(15)13(10)16/h6-7H,4-5,8H2,1-3H3. The molecule has 1 amide bonds. The molecule has 0 aromatic heterocycles. The lowest BCUT2D eigenvalue weighted by Gasteiger charge is -2.23. The molecule has 0 atom stereocenters. The predicted molar refractivity (Wildman–Crippen MR) is 74.1 cm³/mol. The summed E-state index contributed by atoms with van der Waals surface area (Å²) >= 11 is 0. The Kier molecular flexibility index (Phi) is 5.95. The van der Waals surface area contributed by atoms with Crippen LogP contribution in [0.5, 0.6) is 0 Å². The predicted octanol–water partition coefficient (Wildman–Crippen LogP) is 1.59. The van der Waals surface area contributed by atoms with Crippen LogP contribution in [0.4, 0.5) is 13.2 Å². The molecule has 22 heavy (non-hydrogen) atoms. The molecule has 0 N–H and O–H groups in total. The van der Waals surface area contributed by atoms with Crippen molar-refractivity contribution in [3.8, 4) is 0 Å². The smallest absolute Gasteiger partial charge is 0.246 e. The van der Waals surface area contributed by atoms with Gasteiger partial charge in [-0.25, -0.2) is 21.6 Å². The second kappa shape index (κ2) is 7.10. The average Bonchev–Trinajstić information content (AvgIpc) is 2.45. The molecule has 0 fully saturated rings. The molecular formula is C13H17F3N2O3S.